The van der Waals surface area contributed by atoms with Gasteiger partial charge in [0.2, 0.25) is 0 Å². The van der Waals surface area contributed by atoms with Crippen LogP contribution in [0.4, 0.5) is 5.69 Å². The van der Waals surface area contributed by atoms with E-state index in [9.17, 15) is 14.7 Å². The molecule has 4 saturated carbocycles. The second-order valence-electron chi connectivity index (χ2n) is 12.0. The van der Waals surface area contributed by atoms with Crippen molar-refractivity contribution in [1.29, 1.82) is 0 Å². The third-order valence-electron chi connectivity index (χ3n) is 9.16. The Hall–Kier alpha value is -3.36. The quantitative estimate of drug-likeness (QED) is 0.200. The molecule has 212 valence electrons. The van der Waals surface area contributed by atoms with Crippen molar-refractivity contribution in [3.05, 3.63) is 65.9 Å². The zero-order chi connectivity index (χ0) is 27.5. The van der Waals surface area contributed by atoms with Gasteiger partial charge >= 0.3 is 5.97 Å². The Labute approximate surface area is 235 Å². The maximum absolute atomic E-state index is 12.5. The summed E-state index contributed by atoms with van der Waals surface area (Å²) in [6.45, 7) is 3.89. The summed E-state index contributed by atoms with van der Waals surface area (Å²) in [6, 6.07) is 12.6. The molecule has 2 N–H and O–H groups in total. The number of nitrogens with zero attached hydrogens (tertiary/aromatic N) is 1. The van der Waals surface area contributed by atoms with E-state index >= 15 is 0 Å². The molecule has 0 unspecified atom stereocenters. The molecule has 0 radical (unpaired) electrons. The minimum absolute atomic E-state index is 0.122. The fraction of sp³-hybridized carbons (Fsp3) is 0.500. The Morgan fingerprint density at radius 3 is 2.35 bits per heavy atom. The van der Waals surface area contributed by atoms with E-state index in [1.165, 1.54) is 74.6 Å². The Morgan fingerprint density at radius 1 is 1.00 bits per heavy atom. The Morgan fingerprint density at radius 2 is 1.68 bits per heavy atom. The number of nitrogens with one attached hydrogen (secondary N) is 1. The number of ether oxygens (including phenoxy) is 3. The van der Waals surface area contributed by atoms with E-state index in [2.05, 4.69) is 22.3 Å². The van der Waals surface area contributed by atoms with Gasteiger partial charge in [-0.05, 0) is 97.6 Å². The highest BCUT2D eigenvalue weighted by molar-refractivity contribution is 6.01. The van der Waals surface area contributed by atoms with Crippen LogP contribution in [-0.2, 0) is 19.7 Å². The van der Waals surface area contributed by atoms with E-state index in [4.69, 9.17) is 14.2 Å². The number of carbonyl (C=O) groups is 2. The molecular weight excluding hydrogens is 508 g/mol. The lowest BCUT2D eigenvalue weighted by Gasteiger charge is -2.57. The number of phenolic OH excluding ortho intramolecular Hbond substituents is 1. The molecule has 4 bridgehead atoms. The van der Waals surface area contributed by atoms with Crippen molar-refractivity contribution >= 4 is 17.6 Å². The first kappa shape index (κ1) is 26.8. The van der Waals surface area contributed by atoms with Crippen molar-refractivity contribution in [2.24, 2.45) is 17.8 Å². The van der Waals surface area contributed by atoms with Crippen molar-refractivity contribution in [2.45, 2.75) is 43.9 Å². The fourth-order valence-corrected chi connectivity index (χ4v) is 7.64. The van der Waals surface area contributed by atoms with E-state index in [0.29, 0.717) is 30.9 Å². The van der Waals surface area contributed by atoms with Gasteiger partial charge < -0.3 is 24.6 Å². The molecule has 0 spiro atoms. The average Bonchev–Trinajstić information content (AvgIpc) is 2.94. The predicted octanol–water partition coefficient (Wildman–Crippen LogP) is 4.88. The van der Waals surface area contributed by atoms with Gasteiger partial charge in [0, 0.05) is 25.7 Å². The first-order valence-electron chi connectivity index (χ1n) is 14.5. The molecule has 1 amide bonds. The Kier molecular flexibility index (Phi) is 7.80. The highest BCUT2D eigenvalue weighted by Gasteiger charge is 2.51. The summed E-state index contributed by atoms with van der Waals surface area (Å²) in [7, 11) is 0. The normalized spacial score (nSPS) is 27.6. The molecular formula is C32H38N2O6. The van der Waals surface area contributed by atoms with Crippen LogP contribution in [-0.4, -0.2) is 61.3 Å². The van der Waals surface area contributed by atoms with Crippen molar-refractivity contribution in [2.75, 3.05) is 44.8 Å². The van der Waals surface area contributed by atoms with Crippen LogP contribution < -0.4 is 10.1 Å². The third-order valence-corrected chi connectivity index (χ3v) is 9.16. The number of morpholine rings is 1. The zero-order valence-electron chi connectivity index (χ0n) is 22.8. The standard InChI is InChI=1S/C32H38N2O6/c35-29-6-1-25(31(37)40-14-10-34-8-12-38-13-9-34)18-28(29)33-30(36)7-11-39-27-4-2-26(3-5-27)32-19-22-15-23(20-32)17-24(16-22)21-32/h1-7,11,18,22-24,35H,8-10,12-17,19-21H2,(H,33,36)/b11-7+. The molecule has 5 aliphatic rings. The lowest BCUT2D eigenvalue weighted by Crippen LogP contribution is -2.48. The number of phenols is 1. The molecule has 2 aromatic carbocycles. The second-order valence-corrected chi connectivity index (χ2v) is 12.0. The molecule has 8 nitrogen and oxygen atoms in total. The van der Waals surface area contributed by atoms with Gasteiger partial charge in [-0.3, -0.25) is 9.69 Å². The molecule has 2 aromatic rings. The van der Waals surface area contributed by atoms with Gasteiger partial charge in [0.05, 0.1) is 30.7 Å². The van der Waals surface area contributed by atoms with Gasteiger partial charge in [-0.2, -0.15) is 0 Å². The smallest absolute Gasteiger partial charge is 0.338 e. The number of benzene rings is 2. The number of aromatic hydroxyl groups is 1. The van der Waals surface area contributed by atoms with Gasteiger partial charge in [0.1, 0.15) is 18.1 Å². The zero-order valence-corrected chi connectivity index (χ0v) is 22.8. The van der Waals surface area contributed by atoms with Crippen molar-refractivity contribution in [3.63, 3.8) is 0 Å². The van der Waals surface area contributed by atoms with E-state index < -0.39 is 11.9 Å². The minimum atomic E-state index is -0.514. The lowest BCUT2D eigenvalue weighted by molar-refractivity contribution is -0.112. The van der Waals surface area contributed by atoms with E-state index in [1.54, 1.807) is 0 Å². The summed E-state index contributed by atoms with van der Waals surface area (Å²) in [5.74, 6) is 2.22. The van der Waals surface area contributed by atoms with Crippen LogP contribution in [0.2, 0.25) is 0 Å². The Bertz CT molecular complexity index is 1220. The number of rotatable bonds is 9. The van der Waals surface area contributed by atoms with Crippen LogP contribution in [0, 0.1) is 17.8 Å². The number of esters is 1. The maximum Gasteiger partial charge on any atom is 0.338 e. The maximum atomic E-state index is 12.5. The van der Waals surface area contributed by atoms with Crippen molar-refractivity contribution in [1.82, 2.24) is 4.90 Å². The fourth-order valence-electron chi connectivity index (χ4n) is 7.64. The monoisotopic (exact) mass is 546 g/mol. The summed E-state index contributed by atoms with van der Waals surface area (Å²) < 4.78 is 16.4. The topological polar surface area (TPSA) is 97.3 Å². The lowest BCUT2D eigenvalue weighted by atomic mass is 9.48. The predicted molar refractivity (Wildman–Crippen MR) is 150 cm³/mol. The van der Waals surface area contributed by atoms with Gasteiger partial charge in [0.25, 0.3) is 5.91 Å². The van der Waals surface area contributed by atoms with Crippen molar-refractivity contribution < 1.29 is 28.9 Å². The van der Waals surface area contributed by atoms with Gasteiger partial charge in [0.15, 0.2) is 0 Å². The van der Waals surface area contributed by atoms with Gasteiger partial charge in [-0.25, -0.2) is 4.79 Å². The molecule has 0 atom stereocenters. The van der Waals surface area contributed by atoms with Crippen LogP contribution in [0.25, 0.3) is 0 Å². The van der Waals surface area contributed by atoms with Crippen LogP contribution in [0.1, 0.15) is 54.4 Å². The van der Waals surface area contributed by atoms with Crippen molar-refractivity contribution in [3.8, 4) is 11.5 Å². The molecule has 0 aromatic heterocycles. The van der Waals surface area contributed by atoms with E-state index in [1.807, 2.05) is 12.1 Å². The van der Waals surface area contributed by atoms with Crippen LogP contribution in [0.15, 0.2) is 54.8 Å². The molecule has 40 heavy (non-hydrogen) atoms. The number of hydrogen-bond acceptors (Lipinski definition) is 7. The molecule has 7 rings (SSSR count). The SMILES string of the molecule is O=C(/C=C/Oc1ccc(C23CC4CC(CC(C4)C2)C3)cc1)Nc1cc(C(=O)OCCN2CCOCC2)ccc1O. The molecule has 1 heterocycles. The van der Waals surface area contributed by atoms with Crippen LogP contribution >= 0.6 is 0 Å². The number of amides is 1. The minimum Gasteiger partial charge on any atom is -0.506 e. The third kappa shape index (κ3) is 6.03. The van der Waals surface area contributed by atoms with E-state index in [0.717, 1.165) is 30.8 Å². The highest BCUT2D eigenvalue weighted by Crippen LogP contribution is 2.60. The van der Waals surface area contributed by atoms with Crippen LogP contribution in [0.3, 0.4) is 0 Å². The summed E-state index contributed by atoms with van der Waals surface area (Å²) >= 11 is 0. The Balaban J connectivity index is 0.996. The summed E-state index contributed by atoms with van der Waals surface area (Å²) in [5, 5.41) is 12.8. The summed E-state index contributed by atoms with van der Waals surface area (Å²) in [5.41, 5.74) is 2.14. The first-order chi connectivity index (χ1) is 19.5. The first-order valence-corrected chi connectivity index (χ1v) is 14.5. The molecule has 1 aliphatic heterocycles. The molecule has 8 heteroatoms. The number of hydrogen-bond donors (Lipinski definition) is 2. The number of anilines is 1. The molecule has 1 saturated heterocycles. The summed E-state index contributed by atoms with van der Waals surface area (Å²) in [6.07, 6.45) is 10.8. The summed E-state index contributed by atoms with van der Waals surface area (Å²) in [4.78, 5) is 27.1. The van der Waals surface area contributed by atoms with Gasteiger partial charge in [-0.15, -0.1) is 0 Å². The highest BCUT2D eigenvalue weighted by atomic mass is 16.5. The second kappa shape index (κ2) is 11.6. The van der Waals surface area contributed by atoms with Crippen LogP contribution in [0.5, 0.6) is 11.5 Å². The molecule has 5 fully saturated rings. The van der Waals surface area contributed by atoms with Gasteiger partial charge in [-0.1, -0.05) is 12.1 Å². The molecule has 4 aliphatic carbocycles. The number of carbonyl (C=O) groups excluding carboxylic acids is 2. The van der Waals surface area contributed by atoms with E-state index in [-0.39, 0.29) is 23.6 Å². The average molecular weight is 547 g/mol. The largest absolute Gasteiger partial charge is 0.506 e.